The monoisotopic (exact) mass is 600 g/mol. The van der Waals surface area contributed by atoms with Gasteiger partial charge in [-0.25, -0.2) is 19.7 Å². The van der Waals surface area contributed by atoms with Crippen molar-refractivity contribution in [2.45, 2.75) is 99.9 Å². The van der Waals surface area contributed by atoms with Crippen LogP contribution in [0.2, 0.25) is 0 Å². The minimum atomic E-state index is -1.20. The van der Waals surface area contributed by atoms with E-state index in [9.17, 15) is 15.0 Å². The maximum absolute atomic E-state index is 13.2. The highest BCUT2D eigenvalue weighted by Gasteiger charge is 2.67. The second-order valence-electron chi connectivity index (χ2n) is 13.7. The molecule has 6 atom stereocenters. The molecule has 4 bridgehead atoms. The molecule has 4 heterocycles. The van der Waals surface area contributed by atoms with E-state index in [-0.39, 0.29) is 0 Å². The number of carbonyl (C=O) groups excluding carboxylic acids is 1. The minimum Gasteiger partial charge on any atom is -0.446 e. The molecule has 0 aromatic carbocycles. The summed E-state index contributed by atoms with van der Waals surface area (Å²) in [4.78, 5) is 40.2. The fraction of sp³-hybridized carbons (Fsp3) is 0.793. The molecule has 2 spiro atoms. The van der Waals surface area contributed by atoms with Gasteiger partial charge in [0.2, 0.25) is 11.6 Å². The fourth-order valence-electron chi connectivity index (χ4n) is 9.01. The lowest BCUT2D eigenvalue weighted by Crippen LogP contribution is -2.59. The van der Waals surface area contributed by atoms with Gasteiger partial charge in [0.15, 0.2) is 23.2 Å². The first-order chi connectivity index (χ1) is 20.8. The van der Waals surface area contributed by atoms with Gasteiger partial charge in [0.25, 0.3) is 0 Å². The molecule has 3 N–H and O–H groups in total. The molecule has 5 saturated carbocycles. The molecular weight excluding hydrogens is 560 g/mol. The van der Waals surface area contributed by atoms with E-state index in [0.717, 1.165) is 43.9 Å². The number of aromatic nitrogens is 4. The second kappa shape index (κ2) is 10.2. The molecule has 9 rings (SSSR count). The Bertz CT molecular complexity index is 1360. The molecule has 2 aliphatic heterocycles. The number of alkyl carbamates (subject to hydrolysis) is 1. The molecule has 2 aromatic heterocycles. The summed E-state index contributed by atoms with van der Waals surface area (Å²) in [6.45, 7) is -0.416. The number of aliphatic hydroxyl groups excluding tert-OH is 2. The molecule has 14 heteroatoms. The zero-order chi connectivity index (χ0) is 29.5. The summed E-state index contributed by atoms with van der Waals surface area (Å²) in [5.41, 5.74) is 1.01. The van der Waals surface area contributed by atoms with Crippen molar-refractivity contribution in [1.29, 1.82) is 0 Å². The Kier molecular flexibility index (Phi) is 6.62. The van der Waals surface area contributed by atoms with Crippen LogP contribution in [0.5, 0.6) is 0 Å². The summed E-state index contributed by atoms with van der Waals surface area (Å²) < 4.78 is 20.2. The first-order valence-corrected chi connectivity index (χ1v) is 15.6. The molecule has 2 aromatic rings. The van der Waals surface area contributed by atoms with Crippen molar-refractivity contribution in [1.82, 2.24) is 24.8 Å². The quantitative estimate of drug-likeness (QED) is 0.429. The molecule has 7 aliphatic rings. The van der Waals surface area contributed by atoms with Gasteiger partial charge in [-0.3, -0.25) is 4.57 Å². The number of ether oxygens (including phenoxy) is 3. The average Bonchev–Trinajstić information content (AvgIpc) is 3.66. The summed E-state index contributed by atoms with van der Waals surface area (Å²) in [6.07, 6.45) is 7.10. The first-order valence-electron chi connectivity index (χ1n) is 15.6. The molecule has 5 aliphatic carbocycles. The van der Waals surface area contributed by atoms with Gasteiger partial charge in [-0.1, -0.05) is 0 Å². The van der Waals surface area contributed by atoms with E-state index < -0.39 is 54.9 Å². The number of nitrogens with one attached hydrogen (secondary N) is 1. The SMILES string of the molecule is CN(C)c1ncnc2c1ncn2[C@@H]1O[C@H](CO)[C@@H](NC(=O)O[C@@H]2CCC[C@]3(C2)OOC2(O3)C3CC4CC(C3)CC2C4)[C@H]1O. The van der Waals surface area contributed by atoms with Gasteiger partial charge in [0, 0.05) is 38.8 Å². The molecule has 14 nitrogen and oxygen atoms in total. The highest BCUT2D eigenvalue weighted by atomic mass is 17.3. The van der Waals surface area contributed by atoms with E-state index in [2.05, 4.69) is 20.3 Å². The maximum atomic E-state index is 13.2. The minimum absolute atomic E-state index is 0.355. The smallest absolute Gasteiger partial charge is 0.407 e. The summed E-state index contributed by atoms with van der Waals surface area (Å²) in [5.74, 6) is 1.27. The number of nitrogens with zero attached hydrogens (tertiary/aromatic N) is 5. The van der Waals surface area contributed by atoms with Crippen LogP contribution in [0.1, 0.15) is 64.0 Å². The molecule has 0 unspecified atom stereocenters. The Morgan fingerprint density at radius 3 is 2.63 bits per heavy atom. The van der Waals surface area contributed by atoms with Crippen LogP contribution in [0.3, 0.4) is 0 Å². The predicted octanol–water partition coefficient (Wildman–Crippen LogP) is 2.01. The number of hydrogen-bond donors (Lipinski definition) is 3. The van der Waals surface area contributed by atoms with Crippen LogP contribution in [-0.4, -0.2) is 92.5 Å². The third-order valence-electron chi connectivity index (χ3n) is 10.7. The average molecular weight is 601 g/mol. The standard InChI is InChI=1S/C29H40N6O8/c1-34(2)24-22-25(31-13-30-24)35(14-32-22)26-23(37)21(20(12-36)40-26)33-27(38)39-19-4-3-5-28(11-19)41-29(43-42-28)17-7-15-6-16(9-17)10-18(29)8-15/h13-21,23,26,36-37H,3-12H2,1-2H3,(H,33,38)/t15?,16?,17?,18?,19-,20-,21-,23-,26-,28-,29?/m1/s1. The Hall–Kier alpha value is -2.62. The van der Waals surface area contributed by atoms with Gasteiger partial charge in [0.1, 0.15) is 24.6 Å². The van der Waals surface area contributed by atoms with Crippen LogP contribution < -0.4 is 10.2 Å². The van der Waals surface area contributed by atoms with Gasteiger partial charge in [-0.05, 0) is 56.8 Å². The van der Waals surface area contributed by atoms with Gasteiger partial charge < -0.3 is 34.6 Å². The van der Waals surface area contributed by atoms with E-state index >= 15 is 0 Å². The number of rotatable bonds is 5. The Labute approximate surface area is 248 Å². The Balaban J connectivity index is 0.932. The lowest BCUT2D eigenvalue weighted by Gasteiger charge is -2.57. The predicted molar refractivity (Wildman–Crippen MR) is 148 cm³/mol. The van der Waals surface area contributed by atoms with Gasteiger partial charge >= 0.3 is 6.09 Å². The highest BCUT2D eigenvalue weighted by Crippen LogP contribution is 2.63. The number of imidazole rings is 1. The lowest BCUT2D eigenvalue weighted by molar-refractivity contribution is -0.390. The summed E-state index contributed by atoms with van der Waals surface area (Å²) in [6, 6.07) is -0.925. The zero-order valence-electron chi connectivity index (χ0n) is 24.5. The number of hydrogen-bond acceptors (Lipinski definition) is 12. The van der Waals surface area contributed by atoms with Crippen molar-refractivity contribution >= 4 is 23.1 Å². The van der Waals surface area contributed by atoms with Crippen LogP contribution in [0.4, 0.5) is 10.6 Å². The second-order valence-corrected chi connectivity index (χ2v) is 13.7. The molecular formula is C29H40N6O8. The van der Waals surface area contributed by atoms with Crippen LogP contribution in [-0.2, 0) is 24.0 Å². The van der Waals surface area contributed by atoms with Crippen LogP contribution in [0, 0.1) is 23.7 Å². The van der Waals surface area contributed by atoms with Crippen molar-refractivity contribution in [2.24, 2.45) is 23.7 Å². The maximum Gasteiger partial charge on any atom is 0.407 e. The molecule has 234 valence electrons. The Morgan fingerprint density at radius 2 is 1.91 bits per heavy atom. The number of carbonyl (C=O) groups is 1. The summed E-state index contributed by atoms with van der Waals surface area (Å²) in [7, 11) is 3.70. The normalized spacial score (nSPS) is 43.2. The molecule has 7 fully saturated rings. The van der Waals surface area contributed by atoms with E-state index in [1.807, 2.05) is 19.0 Å². The van der Waals surface area contributed by atoms with Gasteiger partial charge in [-0.2, -0.15) is 9.78 Å². The van der Waals surface area contributed by atoms with Crippen LogP contribution in [0.25, 0.3) is 11.2 Å². The third-order valence-corrected chi connectivity index (χ3v) is 10.7. The van der Waals surface area contributed by atoms with Crippen molar-refractivity contribution < 1.29 is 39.0 Å². The van der Waals surface area contributed by atoms with Gasteiger partial charge in [0.05, 0.1) is 19.0 Å². The number of aliphatic hydroxyl groups is 2. The molecule has 43 heavy (non-hydrogen) atoms. The van der Waals surface area contributed by atoms with Crippen molar-refractivity contribution in [3.63, 3.8) is 0 Å². The highest BCUT2D eigenvalue weighted by molar-refractivity contribution is 5.83. The van der Waals surface area contributed by atoms with Crippen molar-refractivity contribution in [3.05, 3.63) is 12.7 Å². The van der Waals surface area contributed by atoms with Crippen molar-refractivity contribution in [2.75, 3.05) is 25.6 Å². The zero-order valence-corrected chi connectivity index (χ0v) is 24.5. The van der Waals surface area contributed by atoms with E-state index in [0.29, 0.717) is 48.1 Å². The molecule has 2 saturated heterocycles. The number of amides is 1. The number of anilines is 1. The molecule has 1 amide bonds. The lowest BCUT2D eigenvalue weighted by atomic mass is 9.53. The number of fused-ring (bicyclic) bond motifs is 1. The molecule has 0 radical (unpaired) electrons. The van der Waals surface area contributed by atoms with E-state index in [4.69, 9.17) is 24.0 Å². The van der Waals surface area contributed by atoms with Crippen LogP contribution in [0.15, 0.2) is 12.7 Å². The topological polar surface area (TPSA) is 163 Å². The first kappa shape index (κ1) is 27.9. The van der Waals surface area contributed by atoms with Crippen molar-refractivity contribution in [3.8, 4) is 0 Å². The summed E-state index contributed by atoms with van der Waals surface area (Å²) in [5, 5.41) is 24.0. The fourth-order valence-corrected chi connectivity index (χ4v) is 9.01. The van der Waals surface area contributed by atoms with Crippen LogP contribution >= 0.6 is 0 Å². The summed E-state index contributed by atoms with van der Waals surface area (Å²) >= 11 is 0. The Morgan fingerprint density at radius 1 is 1.14 bits per heavy atom. The van der Waals surface area contributed by atoms with E-state index in [1.54, 1.807) is 4.57 Å². The largest absolute Gasteiger partial charge is 0.446 e. The third kappa shape index (κ3) is 4.44. The van der Waals surface area contributed by atoms with E-state index in [1.165, 1.54) is 19.1 Å². The van der Waals surface area contributed by atoms with Gasteiger partial charge in [-0.15, -0.1) is 0 Å².